The van der Waals surface area contributed by atoms with E-state index in [0.717, 1.165) is 16.5 Å². The van der Waals surface area contributed by atoms with Crippen molar-refractivity contribution in [3.63, 3.8) is 0 Å². The Morgan fingerprint density at radius 2 is 1.90 bits per heavy atom. The molecule has 1 aromatic carbocycles. The number of hydrogen-bond donors (Lipinski definition) is 0. The van der Waals surface area contributed by atoms with Gasteiger partial charge in [0.15, 0.2) is 0 Å². The van der Waals surface area contributed by atoms with Gasteiger partial charge in [-0.05, 0) is 26.0 Å². The minimum Gasteiger partial charge on any atom is -0.486 e. The monoisotopic (exact) mass is 448 g/mol. The van der Waals surface area contributed by atoms with Gasteiger partial charge in [-0.1, -0.05) is 18.2 Å². The summed E-state index contributed by atoms with van der Waals surface area (Å²) in [6, 6.07) is 9.60. The zero-order chi connectivity index (χ0) is 21.1. The number of hydrogen-bond acceptors (Lipinski definition) is 7. The molecular formula is C20H24N4O4S2. The lowest BCUT2D eigenvalue weighted by molar-refractivity contribution is 0.0730. The van der Waals surface area contributed by atoms with Crippen molar-refractivity contribution in [2.24, 2.45) is 0 Å². The van der Waals surface area contributed by atoms with Crippen molar-refractivity contribution in [1.29, 1.82) is 0 Å². The highest BCUT2D eigenvalue weighted by atomic mass is 32.2. The second kappa shape index (κ2) is 8.84. The van der Waals surface area contributed by atoms with Gasteiger partial charge in [0.25, 0.3) is 0 Å². The molecule has 3 heterocycles. The van der Waals surface area contributed by atoms with Crippen LogP contribution in [0.1, 0.15) is 22.1 Å². The zero-order valence-corrected chi connectivity index (χ0v) is 18.6. The Bertz CT molecular complexity index is 1100. The molecule has 0 spiro atoms. The van der Waals surface area contributed by atoms with Crippen LogP contribution in [-0.2, 0) is 27.9 Å². The highest BCUT2D eigenvalue weighted by Crippen LogP contribution is 2.25. The predicted molar refractivity (Wildman–Crippen MR) is 113 cm³/mol. The van der Waals surface area contributed by atoms with Crippen LogP contribution in [0, 0.1) is 13.8 Å². The molecule has 1 aliphatic heterocycles. The third kappa shape index (κ3) is 4.41. The first kappa shape index (κ1) is 21.0. The zero-order valence-electron chi connectivity index (χ0n) is 16.9. The maximum atomic E-state index is 13.1. The van der Waals surface area contributed by atoms with E-state index in [9.17, 15) is 8.42 Å². The molecule has 0 amide bonds. The van der Waals surface area contributed by atoms with E-state index in [1.165, 1.54) is 15.6 Å². The summed E-state index contributed by atoms with van der Waals surface area (Å²) < 4.78 is 40.4. The van der Waals surface area contributed by atoms with Gasteiger partial charge in [-0.25, -0.2) is 13.4 Å². The van der Waals surface area contributed by atoms with Crippen LogP contribution in [0.15, 0.2) is 40.6 Å². The molecule has 3 aromatic rings. The minimum absolute atomic E-state index is 0.285. The molecule has 0 N–H and O–H groups in total. The van der Waals surface area contributed by atoms with E-state index in [-0.39, 0.29) is 4.90 Å². The molecule has 0 atom stereocenters. The van der Waals surface area contributed by atoms with E-state index in [2.05, 4.69) is 10.1 Å². The van der Waals surface area contributed by atoms with Crippen LogP contribution in [0.4, 0.5) is 0 Å². The third-order valence-corrected chi connectivity index (χ3v) is 7.92. The van der Waals surface area contributed by atoms with Crippen molar-refractivity contribution in [1.82, 2.24) is 19.1 Å². The van der Waals surface area contributed by atoms with Crippen LogP contribution in [-0.4, -0.2) is 53.8 Å². The first-order chi connectivity index (χ1) is 14.4. The molecule has 10 heteroatoms. The van der Waals surface area contributed by atoms with Crippen molar-refractivity contribution in [2.45, 2.75) is 31.9 Å². The quantitative estimate of drug-likeness (QED) is 0.552. The molecular weight excluding hydrogens is 424 g/mol. The molecule has 0 bridgehead atoms. The second-order valence-corrected chi connectivity index (χ2v) is 9.83. The van der Waals surface area contributed by atoms with Gasteiger partial charge in [0.1, 0.15) is 22.3 Å². The minimum atomic E-state index is -3.60. The van der Waals surface area contributed by atoms with Gasteiger partial charge < -0.3 is 9.47 Å². The molecule has 0 radical (unpaired) electrons. The van der Waals surface area contributed by atoms with E-state index < -0.39 is 10.0 Å². The summed E-state index contributed by atoms with van der Waals surface area (Å²) in [7, 11) is -3.60. The smallest absolute Gasteiger partial charge is 0.246 e. The van der Waals surface area contributed by atoms with Gasteiger partial charge in [0.05, 0.1) is 36.8 Å². The van der Waals surface area contributed by atoms with Crippen molar-refractivity contribution in [3.05, 3.63) is 57.8 Å². The lowest BCUT2D eigenvalue weighted by Gasteiger charge is -2.26. The molecule has 160 valence electrons. The Balaban J connectivity index is 1.48. The SMILES string of the molecule is Cc1nn(Cc2csc(COc3ccccc3)n2)c(C)c1S(=O)(=O)N1CCOCC1. The Morgan fingerprint density at radius 3 is 2.63 bits per heavy atom. The number of aryl methyl sites for hydroxylation is 1. The summed E-state index contributed by atoms with van der Waals surface area (Å²) in [6.45, 7) is 5.88. The van der Waals surface area contributed by atoms with Gasteiger partial charge in [0, 0.05) is 18.5 Å². The van der Waals surface area contributed by atoms with E-state index in [0.29, 0.717) is 50.8 Å². The Labute approximate surface area is 180 Å². The topological polar surface area (TPSA) is 86.5 Å². The lowest BCUT2D eigenvalue weighted by atomic mass is 10.3. The van der Waals surface area contributed by atoms with E-state index in [4.69, 9.17) is 9.47 Å². The summed E-state index contributed by atoms with van der Waals surface area (Å²) in [6.07, 6.45) is 0. The largest absolute Gasteiger partial charge is 0.486 e. The molecule has 30 heavy (non-hydrogen) atoms. The summed E-state index contributed by atoms with van der Waals surface area (Å²) >= 11 is 1.52. The van der Waals surface area contributed by atoms with E-state index in [1.807, 2.05) is 35.7 Å². The molecule has 2 aromatic heterocycles. The number of morpholine rings is 1. The first-order valence-corrected chi connectivity index (χ1v) is 12.0. The van der Waals surface area contributed by atoms with Crippen molar-refractivity contribution >= 4 is 21.4 Å². The van der Waals surface area contributed by atoms with Crippen LogP contribution < -0.4 is 4.74 Å². The molecule has 8 nitrogen and oxygen atoms in total. The van der Waals surface area contributed by atoms with Gasteiger partial charge in [-0.3, -0.25) is 4.68 Å². The molecule has 0 unspecified atom stereocenters. The second-order valence-electron chi connectivity index (χ2n) is 7.01. The van der Waals surface area contributed by atoms with Crippen LogP contribution in [0.25, 0.3) is 0 Å². The molecule has 4 rings (SSSR count). The number of nitrogens with zero attached hydrogens (tertiary/aromatic N) is 4. The van der Waals surface area contributed by atoms with Crippen LogP contribution in [0.2, 0.25) is 0 Å². The Hall–Kier alpha value is -2.27. The molecule has 1 fully saturated rings. The summed E-state index contributed by atoms with van der Waals surface area (Å²) in [5, 5.41) is 7.29. The summed E-state index contributed by atoms with van der Waals surface area (Å²) in [5.41, 5.74) is 1.95. The van der Waals surface area contributed by atoms with Crippen LogP contribution in [0.3, 0.4) is 0 Å². The summed E-state index contributed by atoms with van der Waals surface area (Å²) in [5.74, 6) is 0.797. The van der Waals surface area contributed by atoms with Crippen LogP contribution >= 0.6 is 11.3 Å². The maximum Gasteiger partial charge on any atom is 0.246 e. The fraction of sp³-hybridized carbons (Fsp3) is 0.400. The van der Waals surface area contributed by atoms with Crippen molar-refractivity contribution < 1.29 is 17.9 Å². The van der Waals surface area contributed by atoms with Gasteiger partial charge in [0.2, 0.25) is 10.0 Å². The molecule has 0 saturated carbocycles. The van der Waals surface area contributed by atoms with Crippen molar-refractivity contribution in [2.75, 3.05) is 26.3 Å². The predicted octanol–water partition coefficient (Wildman–Crippen LogP) is 2.60. The molecule has 1 saturated heterocycles. The average Bonchev–Trinajstić information content (AvgIpc) is 3.32. The number of aromatic nitrogens is 3. The van der Waals surface area contributed by atoms with Gasteiger partial charge >= 0.3 is 0 Å². The number of para-hydroxylation sites is 1. The highest BCUT2D eigenvalue weighted by Gasteiger charge is 2.32. The lowest BCUT2D eigenvalue weighted by Crippen LogP contribution is -2.41. The fourth-order valence-electron chi connectivity index (χ4n) is 3.43. The van der Waals surface area contributed by atoms with Crippen molar-refractivity contribution in [3.8, 4) is 5.75 Å². The Morgan fingerprint density at radius 1 is 1.17 bits per heavy atom. The number of rotatable bonds is 7. The standard InChI is InChI=1S/C20H24N4O4S2/c1-15-20(30(25,26)23-8-10-27-11-9-23)16(2)24(22-15)12-17-14-29-19(21-17)13-28-18-6-4-3-5-7-18/h3-7,14H,8-13H2,1-2H3. The average molecular weight is 449 g/mol. The number of sulfonamides is 1. The maximum absolute atomic E-state index is 13.1. The third-order valence-electron chi connectivity index (χ3n) is 4.90. The van der Waals surface area contributed by atoms with E-state index in [1.54, 1.807) is 18.5 Å². The van der Waals surface area contributed by atoms with E-state index >= 15 is 0 Å². The fourth-order valence-corrected chi connectivity index (χ4v) is 5.90. The molecule has 0 aliphatic carbocycles. The Kier molecular flexibility index (Phi) is 6.19. The number of thiazole rings is 1. The molecule has 1 aliphatic rings. The van der Waals surface area contributed by atoms with Gasteiger partial charge in [-0.15, -0.1) is 11.3 Å². The summed E-state index contributed by atoms with van der Waals surface area (Å²) in [4.78, 5) is 4.89. The first-order valence-electron chi connectivity index (χ1n) is 9.68. The van der Waals surface area contributed by atoms with Crippen LogP contribution in [0.5, 0.6) is 5.75 Å². The number of benzene rings is 1. The highest BCUT2D eigenvalue weighted by molar-refractivity contribution is 7.89. The normalized spacial score (nSPS) is 15.4. The number of ether oxygens (including phenoxy) is 2. The van der Waals surface area contributed by atoms with Gasteiger partial charge in [-0.2, -0.15) is 9.40 Å².